The fourth-order valence-corrected chi connectivity index (χ4v) is 6.66. The van der Waals surface area contributed by atoms with Gasteiger partial charge in [-0.2, -0.15) is 0 Å². The second-order valence-corrected chi connectivity index (χ2v) is 9.54. The van der Waals surface area contributed by atoms with Crippen LogP contribution >= 0.6 is 0 Å². The van der Waals surface area contributed by atoms with E-state index in [-0.39, 0.29) is 5.25 Å². The van der Waals surface area contributed by atoms with Crippen LogP contribution in [0.5, 0.6) is 0 Å². The van der Waals surface area contributed by atoms with Crippen molar-refractivity contribution < 1.29 is 8.42 Å². The molecule has 2 aliphatic heterocycles. The van der Waals surface area contributed by atoms with Crippen LogP contribution in [0.2, 0.25) is 0 Å². The minimum absolute atomic E-state index is 0.0744. The van der Waals surface area contributed by atoms with E-state index in [1.165, 1.54) is 19.3 Å². The van der Waals surface area contributed by atoms with Crippen LogP contribution in [0.1, 0.15) is 44.9 Å². The number of rotatable bonds is 3. The van der Waals surface area contributed by atoms with Crippen LogP contribution in [0.25, 0.3) is 0 Å². The topological polar surface area (TPSA) is 40.6 Å². The first-order chi connectivity index (χ1) is 9.64. The fourth-order valence-electron chi connectivity index (χ4n) is 4.51. The molecular formula is C15H26N2O2S. The summed E-state index contributed by atoms with van der Waals surface area (Å²) >= 11 is 0. The first kappa shape index (κ1) is 13.5. The molecule has 0 aromatic carbocycles. The van der Waals surface area contributed by atoms with Crippen LogP contribution in [0.15, 0.2) is 0 Å². The Hall–Kier alpha value is -0.130. The van der Waals surface area contributed by atoms with Crippen LogP contribution < -0.4 is 0 Å². The van der Waals surface area contributed by atoms with Gasteiger partial charge >= 0.3 is 0 Å². The number of nitrogens with zero attached hydrogens (tertiary/aromatic N) is 2. The predicted molar refractivity (Wildman–Crippen MR) is 78.9 cm³/mol. The molecule has 2 unspecified atom stereocenters. The van der Waals surface area contributed by atoms with Gasteiger partial charge in [-0.05, 0) is 37.5 Å². The van der Waals surface area contributed by atoms with Gasteiger partial charge in [0.2, 0.25) is 10.0 Å². The summed E-state index contributed by atoms with van der Waals surface area (Å²) in [5.41, 5.74) is 0. The maximum Gasteiger partial charge on any atom is 0.216 e. The second kappa shape index (κ2) is 4.96. The normalized spacial score (nSPS) is 37.4. The molecule has 5 heteroatoms. The van der Waals surface area contributed by atoms with E-state index in [2.05, 4.69) is 4.90 Å². The molecule has 0 aromatic rings. The van der Waals surface area contributed by atoms with Crippen molar-refractivity contribution in [2.24, 2.45) is 11.8 Å². The standard InChI is InChI=1S/C15H26N2O2S/c18-20(19,15-4-2-1-3-5-15)17-10-12-8-16(14-6-7-14)9-13(12)11-17/h12-15H,1-11H2. The molecule has 2 atom stereocenters. The highest BCUT2D eigenvalue weighted by atomic mass is 32.2. The molecule has 4 fully saturated rings. The number of hydrogen-bond donors (Lipinski definition) is 0. The average Bonchev–Trinajstić information content (AvgIpc) is 3.09. The average molecular weight is 298 g/mol. The first-order valence-electron chi connectivity index (χ1n) is 8.37. The Labute approximate surface area is 122 Å². The zero-order valence-electron chi connectivity index (χ0n) is 12.2. The minimum Gasteiger partial charge on any atom is -0.300 e. The monoisotopic (exact) mass is 298 g/mol. The SMILES string of the molecule is O=S(=O)(C1CCCCC1)N1CC2CN(C3CC3)CC2C1. The molecule has 0 radical (unpaired) electrons. The van der Waals surface area contributed by atoms with Gasteiger partial charge in [0.05, 0.1) is 5.25 Å². The Morgan fingerprint density at radius 3 is 1.90 bits per heavy atom. The van der Waals surface area contributed by atoms with Crippen LogP contribution in [0.3, 0.4) is 0 Å². The quantitative estimate of drug-likeness (QED) is 0.796. The summed E-state index contributed by atoms with van der Waals surface area (Å²) in [4.78, 5) is 2.61. The molecule has 0 spiro atoms. The maximum absolute atomic E-state index is 12.8. The van der Waals surface area contributed by atoms with Crippen molar-refractivity contribution in [3.8, 4) is 0 Å². The van der Waals surface area contributed by atoms with Gasteiger partial charge in [0, 0.05) is 32.2 Å². The van der Waals surface area contributed by atoms with Gasteiger partial charge in [0.1, 0.15) is 0 Å². The molecule has 2 heterocycles. The number of likely N-dealkylation sites (tertiary alicyclic amines) is 1. The molecular weight excluding hydrogens is 272 g/mol. The van der Waals surface area contributed by atoms with Gasteiger partial charge in [0.25, 0.3) is 0 Å². The summed E-state index contributed by atoms with van der Waals surface area (Å²) in [6.07, 6.45) is 7.92. The fraction of sp³-hybridized carbons (Fsp3) is 1.00. The number of sulfonamides is 1. The summed E-state index contributed by atoms with van der Waals surface area (Å²) in [7, 11) is -3.01. The van der Waals surface area contributed by atoms with Crippen molar-refractivity contribution in [3.63, 3.8) is 0 Å². The van der Waals surface area contributed by atoms with Crippen molar-refractivity contribution in [2.75, 3.05) is 26.2 Å². The Morgan fingerprint density at radius 2 is 1.35 bits per heavy atom. The Kier molecular flexibility index (Phi) is 3.35. The number of fused-ring (bicyclic) bond motifs is 1. The highest BCUT2D eigenvalue weighted by Gasteiger charge is 2.48. The summed E-state index contributed by atoms with van der Waals surface area (Å²) in [5, 5.41) is -0.0744. The van der Waals surface area contributed by atoms with Crippen LogP contribution in [-0.2, 0) is 10.0 Å². The molecule has 0 N–H and O–H groups in total. The third-order valence-corrected chi connectivity index (χ3v) is 8.21. The van der Waals surface area contributed by atoms with Gasteiger partial charge in [-0.15, -0.1) is 0 Å². The molecule has 0 bridgehead atoms. The highest BCUT2D eigenvalue weighted by molar-refractivity contribution is 7.89. The molecule has 4 aliphatic rings. The van der Waals surface area contributed by atoms with Crippen molar-refractivity contribution in [2.45, 2.75) is 56.2 Å². The van der Waals surface area contributed by atoms with Crippen LogP contribution in [0, 0.1) is 11.8 Å². The Morgan fingerprint density at radius 1 is 0.750 bits per heavy atom. The summed E-state index contributed by atoms with van der Waals surface area (Å²) < 4.78 is 27.4. The predicted octanol–water partition coefficient (Wildman–Crippen LogP) is 1.67. The van der Waals surface area contributed by atoms with E-state index >= 15 is 0 Å². The first-order valence-corrected chi connectivity index (χ1v) is 9.88. The molecule has 114 valence electrons. The zero-order valence-corrected chi connectivity index (χ0v) is 13.0. The minimum atomic E-state index is -3.01. The Bertz CT molecular complexity index is 454. The third kappa shape index (κ3) is 2.32. The van der Waals surface area contributed by atoms with E-state index in [0.717, 1.165) is 57.9 Å². The zero-order chi connectivity index (χ0) is 13.7. The molecule has 2 saturated heterocycles. The largest absolute Gasteiger partial charge is 0.300 e. The van der Waals surface area contributed by atoms with Gasteiger partial charge in [-0.25, -0.2) is 12.7 Å². The molecule has 4 nitrogen and oxygen atoms in total. The lowest BCUT2D eigenvalue weighted by molar-refractivity contribution is 0.286. The lowest BCUT2D eigenvalue weighted by atomic mass is 10.0. The molecule has 4 rings (SSSR count). The lowest BCUT2D eigenvalue weighted by Gasteiger charge is -2.28. The Balaban J connectivity index is 1.41. The van der Waals surface area contributed by atoms with Crippen molar-refractivity contribution in [3.05, 3.63) is 0 Å². The van der Waals surface area contributed by atoms with Crippen molar-refractivity contribution >= 4 is 10.0 Å². The van der Waals surface area contributed by atoms with Crippen molar-refractivity contribution in [1.82, 2.24) is 9.21 Å². The van der Waals surface area contributed by atoms with Crippen LogP contribution in [-0.4, -0.2) is 55.1 Å². The third-order valence-electron chi connectivity index (χ3n) is 5.88. The van der Waals surface area contributed by atoms with E-state index in [1.807, 2.05) is 4.31 Å². The van der Waals surface area contributed by atoms with E-state index in [0.29, 0.717) is 11.8 Å². The molecule has 2 aliphatic carbocycles. The smallest absolute Gasteiger partial charge is 0.216 e. The van der Waals surface area contributed by atoms with Gasteiger partial charge < -0.3 is 0 Å². The van der Waals surface area contributed by atoms with Gasteiger partial charge in [-0.3, -0.25) is 4.90 Å². The van der Waals surface area contributed by atoms with E-state index in [4.69, 9.17) is 0 Å². The summed E-state index contributed by atoms with van der Waals surface area (Å²) in [6, 6.07) is 0.837. The summed E-state index contributed by atoms with van der Waals surface area (Å²) in [5.74, 6) is 1.21. The molecule has 2 saturated carbocycles. The molecule has 0 amide bonds. The van der Waals surface area contributed by atoms with Crippen LogP contribution in [0.4, 0.5) is 0 Å². The van der Waals surface area contributed by atoms with Gasteiger partial charge in [0.15, 0.2) is 0 Å². The summed E-state index contributed by atoms with van der Waals surface area (Å²) in [6.45, 7) is 3.89. The maximum atomic E-state index is 12.8. The van der Waals surface area contributed by atoms with Crippen molar-refractivity contribution in [1.29, 1.82) is 0 Å². The highest BCUT2D eigenvalue weighted by Crippen LogP contribution is 2.39. The van der Waals surface area contributed by atoms with Gasteiger partial charge in [-0.1, -0.05) is 19.3 Å². The molecule has 0 aromatic heterocycles. The number of hydrogen-bond acceptors (Lipinski definition) is 3. The van der Waals surface area contributed by atoms with E-state index < -0.39 is 10.0 Å². The van der Waals surface area contributed by atoms with E-state index in [9.17, 15) is 8.42 Å². The van der Waals surface area contributed by atoms with E-state index in [1.54, 1.807) is 0 Å². The molecule has 20 heavy (non-hydrogen) atoms. The lowest BCUT2D eigenvalue weighted by Crippen LogP contribution is -2.40. The second-order valence-electron chi connectivity index (χ2n) is 7.33.